The lowest BCUT2D eigenvalue weighted by molar-refractivity contribution is -0.0260. The van der Waals surface area contributed by atoms with Gasteiger partial charge in [0.15, 0.2) is 11.5 Å². The number of carbonyl (C=O) groups excluding carboxylic acids is 1. The molecule has 1 aliphatic heterocycles. The molecule has 1 aromatic rings. The molecule has 1 fully saturated rings. The zero-order valence-electron chi connectivity index (χ0n) is 15.2. The molecule has 0 radical (unpaired) electrons. The zero-order valence-corrected chi connectivity index (χ0v) is 15.2. The minimum absolute atomic E-state index is 0.0214. The maximum Gasteiger partial charge on any atom is 0.254 e. The molecule has 0 aliphatic carbocycles. The van der Waals surface area contributed by atoms with Crippen LogP contribution in [-0.4, -0.2) is 50.8 Å². The predicted octanol–water partition coefficient (Wildman–Crippen LogP) is 3.37. The van der Waals surface area contributed by atoms with Gasteiger partial charge in [-0.1, -0.05) is 26.7 Å². The van der Waals surface area contributed by atoms with E-state index in [0.717, 1.165) is 12.8 Å². The van der Waals surface area contributed by atoms with E-state index in [1.54, 1.807) is 32.4 Å². The van der Waals surface area contributed by atoms with E-state index < -0.39 is 0 Å². The number of ether oxygens (including phenoxy) is 3. The molecular formula is C19H29NO4. The van der Waals surface area contributed by atoms with Crippen molar-refractivity contribution in [3.63, 3.8) is 0 Å². The number of hydrogen-bond donors (Lipinski definition) is 0. The Morgan fingerprint density at radius 1 is 1.29 bits per heavy atom. The Hall–Kier alpha value is -1.75. The molecule has 1 heterocycles. The van der Waals surface area contributed by atoms with Crippen LogP contribution >= 0.6 is 0 Å². The van der Waals surface area contributed by atoms with Gasteiger partial charge in [-0.25, -0.2) is 0 Å². The Morgan fingerprint density at radius 3 is 2.71 bits per heavy atom. The molecule has 0 bridgehead atoms. The molecule has 1 aromatic carbocycles. The molecule has 0 aromatic heterocycles. The molecule has 1 saturated heterocycles. The van der Waals surface area contributed by atoms with Crippen molar-refractivity contribution in [2.24, 2.45) is 5.92 Å². The first kappa shape index (κ1) is 18.6. The normalized spacial score (nSPS) is 17.9. The Morgan fingerprint density at radius 2 is 2.04 bits per heavy atom. The highest BCUT2D eigenvalue weighted by molar-refractivity contribution is 5.95. The highest BCUT2D eigenvalue weighted by Crippen LogP contribution is 2.28. The van der Waals surface area contributed by atoms with Crippen molar-refractivity contribution in [3.05, 3.63) is 23.8 Å². The summed E-state index contributed by atoms with van der Waals surface area (Å²) in [6.07, 6.45) is 3.49. The van der Waals surface area contributed by atoms with Gasteiger partial charge in [-0.15, -0.1) is 0 Å². The highest BCUT2D eigenvalue weighted by atomic mass is 16.5. The Balaban J connectivity index is 1.98. The van der Waals surface area contributed by atoms with Crippen LogP contribution in [0.3, 0.4) is 0 Å². The largest absolute Gasteiger partial charge is 0.493 e. The molecule has 0 spiro atoms. The lowest BCUT2D eigenvalue weighted by Gasteiger charge is -2.33. The predicted molar refractivity (Wildman–Crippen MR) is 93.9 cm³/mol. The summed E-state index contributed by atoms with van der Waals surface area (Å²) in [5.74, 6) is 1.93. The third kappa shape index (κ3) is 4.87. The first-order valence-corrected chi connectivity index (χ1v) is 8.68. The van der Waals surface area contributed by atoms with E-state index in [2.05, 4.69) is 13.8 Å². The third-order valence-corrected chi connectivity index (χ3v) is 4.36. The number of hydrogen-bond acceptors (Lipinski definition) is 4. The van der Waals surface area contributed by atoms with E-state index in [1.807, 2.05) is 4.90 Å². The second-order valence-corrected chi connectivity index (χ2v) is 6.64. The second kappa shape index (κ2) is 8.92. The van der Waals surface area contributed by atoms with Crippen LogP contribution < -0.4 is 9.47 Å². The van der Waals surface area contributed by atoms with Gasteiger partial charge in [-0.2, -0.15) is 0 Å². The molecule has 0 saturated carbocycles. The molecule has 134 valence electrons. The van der Waals surface area contributed by atoms with Gasteiger partial charge in [-0.05, 0) is 30.5 Å². The summed E-state index contributed by atoms with van der Waals surface area (Å²) in [5.41, 5.74) is 0.621. The van der Waals surface area contributed by atoms with Gasteiger partial charge in [0.25, 0.3) is 5.91 Å². The Kier molecular flexibility index (Phi) is 6.91. The summed E-state index contributed by atoms with van der Waals surface area (Å²) in [7, 11) is 3.16. The maximum atomic E-state index is 12.8. The number of nitrogens with zero attached hydrogens (tertiary/aromatic N) is 1. The van der Waals surface area contributed by atoms with Crippen LogP contribution in [-0.2, 0) is 4.74 Å². The minimum atomic E-state index is 0.0214. The number of benzene rings is 1. The van der Waals surface area contributed by atoms with Gasteiger partial charge in [0, 0.05) is 18.7 Å². The van der Waals surface area contributed by atoms with Crippen molar-refractivity contribution in [1.82, 2.24) is 4.90 Å². The molecule has 0 N–H and O–H groups in total. The Bertz CT molecular complexity index is 544. The summed E-state index contributed by atoms with van der Waals surface area (Å²) >= 11 is 0. The standard InChI is InChI=1S/C19H29NO4/c1-14(2)6-5-7-16-13-20(10-11-24-16)19(21)15-8-9-17(22-3)18(12-15)23-4/h8-9,12,14,16H,5-7,10-11,13H2,1-4H3/t16-/m0/s1. The quantitative estimate of drug-likeness (QED) is 0.766. The molecule has 5 heteroatoms. The number of morpholine rings is 1. The van der Waals surface area contributed by atoms with Crippen molar-refractivity contribution in [2.75, 3.05) is 33.9 Å². The molecule has 1 atom stereocenters. The molecule has 2 rings (SSSR count). The number of methoxy groups -OCH3 is 2. The van der Waals surface area contributed by atoms with Crippen molar-refractivity contribution >= 4 is 5.91 Å². The fourth-order valence-electron chi connectivity index (χ4n) is 2.98. The van der Waals surface area contributed by atoms with E-state index in [-0.39, 0.29) is 12.0 Å². The van der Waals surface area contributed by atoms with E-state index in [0.29, 0.717) is 42.7 Å². The summed E-state index contributed by atoms with van der Waals surface area (Å²) in [6, 6.07) is 5.30. The van der Waals surface area contributed by atoms with Gasteiger partial charge in [0.05, 0.1) is 26.9 Å². The molecule has 0 unspecified atom stereocenters. The van der Waals surface area contributed by atoms with Crippen LogP contribution in [0.2, 0.25) is 0 Å². The van der Waals surface area contributed by atoms with Crippen molar-refractivity contribution in [3.8, 4) is 11.5 Å². The number of rotatable bonds is 7. The van der Waals surface area contributed by atoms with Gasteiger partial charge in [0.2, 0.25) is 0 Å². The van der Waals surface area contributed by atoms with Crippen molar-refractivity contribution in [1.29, 1.82) is 0 Å². The third-order valence-electron chi connectivity index (χ3n) is 4.36. The summed E-state index contributed by atoms with van der Waals surface area (Å²) in [5, 5.41) is 0. The SMILES string of the molecule is COc1ccc(C(=O)N2CCO[C@@H](CCCC(C)C)C2)cc1OC. The molecule has 1 aliphatic rings. The van der Waals surface area contributed by atoms with E-state index in [4.69, 9.17) is 14.2 Å². The minimum Gasteiger partial charge on any atom is -0.493 e. The smallest absolute Gasteiger partial charge is 0.254 e. The van der Waals surface area contributed by atoms with Crippen LogP contribution in [0.25, 0.3) is 0 Å². The fourth-order valence-corrected chi connectivity index (χ4v) is 2.98. The van der Waals surface area contributed by atoms with E-state index >= 15 is 0 Å². The highest BCUT2D eigenvalue weighted by Gasteiger charge is 2.25. The average Bonchev–Trinajstić information content (AvgIpc) is 2.60. The van der Waals surface area contributed by atoms with Crippen LogP contribution in [0.1, 0.15) is 43.5 Å². The lowest BCUT2D eigenvalue weighted by atomic mass is 10.0. The summed E-state index contributed by atoms with van der Waals surface area (Å²) < 4.78 is 16.3. The van der Waals surface area contributed by atoms with Crippen LogP contribution in [0, 0.1) is 5.92 Å². The summed E-state index contributed by atoms with van der Waals surface area (Å²) in [6.45, 7) is 6.35. The Labute approximate surface area is 144 Å². The molecule has 1 amide bonds. The van der Waals surface area contributed by atoms with Crippen molar-refractivity contribution < 1.29 is 19.0 Å². The van der Waals surface area contributed by atoms with Crippen LogP contribution in [0.5, 0.6) is 11.5 Å². The first-order chi connectivity index (χ1) is 11.5. The maximum absolute atomic E-state index is 12.8. The van der Waals surface area contributed by atoms with Gasteiger partial charge in [-0.3, -0.25) is 4.79 Å². The fraction of sp³-hybridized carbons (Fsp3) is 0.632. The number of carbonyl (C=O) groups is 1. The van der Waals surface area contributed by atoms with E-state index in [1.165, 1.54) is 6.42 Å². The van der Waals surface area contributed by atoms with Crippen LogP contribution in [0.4, 0.5) is 0 Å². The van der Waals surface area contributed by atoms with Gasteiger partial charge >= 0.3 is 0 Å². The molecule has 5 nitrogen and oxygen atoms in total. The van der Waals surface area contributed by atoms with E-state index in [9.17, 15) is 4.79 Å². The van der Waals surface area contributed by atoms with Gasteiger partial charge < -0.3 is 19.1 Å². The second-order valence-electron chi connectivity index (χ2n) is 6.64. The monoisotopic (exact) mass is 335 g/mol. The number of amides is 1. The van der Waals surface area contributed by atoms with Crippen molar-refractivity contribution in [2.45, 2.75) is 39.2 Å². The molecular weight excluding hydrogens is 306 g/mol. The first-order valence-electron chi connectivity index (χ1n) is 8.68. The average molecular weight is 335 g/mol. The summed E-state index contributed by atoms with van der Waals surface area (Å²) in [4.78, 5) is 14.6. The zero-order chi connectivity index (χ0) is 17.5. The lowest BCUT2D eigenvalue weighted by Crippen LogP contribution is -2.45. The molecule has 24 heavy (non-hydrogen) atoms. The van der Waals surface area contributed by atoms with Gasteiger partial charge in [0.1, 0.15) is 0 Å². The van der Waals surface area contributed by atoms with Crippen LogP contribution in [0.15, 0.2) is 18.2 Å². The topological polar surface area (TPSA) is 48.0 Å².